The molecule has 1 heterocycles. The van der Waals surface area contributed by atoms with Crippen molar-refractivity contribution in [2.24, 2.45) is 0 Å². The van der Waals surface area contributed by atoms with Crippen LogP contribution in [0.1, 0.15) is 11.1 Å². The monoisotopic (exact) mass is 262 g/mol. The molecule has 0 saturated carbocycles. The maximum absolute atomic E-state index is 13.6. The molecule has 0 aliphatic carbocycles. The third kappa shape index (κ3) is 2.58. The van der Waals surface area contributed by atoms with Gasteiger partial charge in [0.15, 0.2) is 11.6 Å². The molecule has 2 aromatic rings. The largest absolute Gasteiger partial charge is 0.454 e. The molecule has 1 aromatic carbocycles. The van der Waals surface area contributed by atoms with Crippen LogP contribution in [0.25, 0.3) is 0 Å². The van der Waals surface area contributed by atoms with E-state index < -0.39 is 5.82 Å². The molecule has 0 amide bonds. The number of pyridine rings is 1. The van der Waals surface area contributed by atoms with E-state index >= 15 is 0 Å². The van der Waals surface area contributed by atoms with E-state index in [1.807, 2.05) is 6.07 Å². The van der Waals surface area contributed by atoms with Gasteiger partial charge in [0.1, 0.15) is 10.9 Å². The molecule has 18 heavy (non-hydrogen) atoms. The van der Waals surface area contributed by atoms with E-state index in [0.717, 1.165) is 11.6 Å². The Labute approximate surface area is 108 Å². The molecule has 3 nitrogen and oxygen atoms in total. The van der Waals surface area contributed by atoms with Gasteiger partial charge in [0, 0.05) is 17.8 Å². The van der Waals surface area contributed by atoms with Gasteiger partial charge in [-0.2, -0.15) is 5.26 Å². The van der Waals surface area contributed by atoms with Crippen LogP contribution in [0.4, 0.5) is 4.39 Å². The molecule has 2 rings (SSSR count). The van der Waals surface area contributed by atoms with Crippen LogP contribution in [0.3, 0.4) is 0 Å². The average Bonchev–Trinajstić information content (AvgIpc) is 2.36. The van der Waals surface area contributed by atoms with E-state index in [-0.39, 0.29) is 16.5 Å². The molecule has 0 aliphatic heterocycles. The third-order valence-electron chi connectivity index (χ3n) is 2.30. The molecule has 0 aliphatic rings. The fourth-order valence-corrected chi connectivity index (χ4v) is 1.51. The van der Waals surface area contributed by atoms with Gasteiger partial charge in [-0.15, -0.1) is 0 Å². The van der Waals surface area contributed by atoms with Gasteiger partial charge in [-0.3, -0.25) is 0 Å². The van der Waals surface area contributed by atoms with Crippen molar-refractivity contribution in [1.29, 1.82) is 5.26 Å². The fraction of sp³-hybridized carbons (Fsp3) is 0.0769. The standard InChI is InChI=1S/C13H8ClFN2O/c1-8-7-17-13(14)5-12(8)18-11-3-2-9(6-16)4-10(11)15/h2-5,7H,1H3. The Morgan fingerprint density at radius 2 is 2.11 bits per heavy atom. The summed E-state index contributed by atoms with van der Waals surface area (Å²) in [6.45, 7) is 1.78. The number of aryl methyl sites for hydroxylation is 1. The predicted octanol–water partition coefficient (Wildman–Crippen LogP) is 3.85. The Balaban J connectivity index is 2.34. The summed E-state index contributed by atoms with van der Waals surface area (Å²) in [4.78, 5) is 3.88. The Bertz CT molecular complexity index is 637. The van der Waals surface area contributed by atoms with Gasteiger partial charge in [-0.05, 0) is 25.1 Å². The van der Waals surface area contributed by atoms with Crippen molar-refractivity contribution in [3.8, 4) is 17.6 Å². The summed E-state index contributed by atoms with van der Waals surface area (Å²) in [6, 6.07) is 7.37. The number of aromatic nitrogens is 1. The van der Waals surface area contributed by atoms with Gasteiger partial charge < -0.3 is 4.74 Å². The van der Waals surface area contributed by atoms with Gasteiger partial charge in [0.25, 0.3) is 0 Å². The van der Waals surface area contributed by atoms with Crippen LogP contribution in [-0.4, -0.2) is 4.98 Å². The minimum absolute atomic E-state index is 0.0411. The number of hydrogen-bond donors (Lipinski definition) is 0. The highest BCUT2D eigenvalue weighted by molar-refractivity contribution is 6.29. The van der Waals surface area contributed by atoms with Crippen molar-refractivity contribution in [1.82, 2.24) is 4.98 Å². The number of nitriles is 1. The van der Waals surface area contributed by atoms with Crippen molar-refractivity contribution in [3.05, 3.63) is 52.6 Å². The topological polar surface area (TPSA) is 45.9 Å². The Kier molecular flexibility index (Phi) is 3.45. The maximum Gasteiger partial charge on any atom is 0.167 e. The Hall–Kier alpha value is -2.12. The molecule has 0 atom stereocenters. The average molecular weight is 263 g/mol. The zero-order chi connectivity index (χ0) is 13.1. The predicted molar refractivity (Wildman–Crippen MR) is 65.2 cm³/mol. The van der Waals surface area contributed by atoms with Crippen LogP contribution < -0.4 is 4.74 Å². The van der Waals surface area contributed by atoms with Gasteiger partial charge >= 0.3 is 0 Å². The number of halogens is 2. The van der Waals surface area contributed by atoms with Crippen LogP contribution >= 0.6 is 11.6 Å². The van der Waals surface area contributed by atoms with E-state index in [1.54, 1.807) is 13.1 Å². The van der Waals surface area contributed by atoms with E-state index in [4.69, 9.17) is 21.6 Å². The van der Waals surface area contributed by atoms with Crippen LogP contribution in [0.5, 0.6) is 11.5 Å². The van der Waals surface area contributed by atoms with Crippen LogP contribution in [0.15, 0.2) is 30.5 Å². The summed E-state index contributed by atoms with van der Waals surface area (Å²) in [5.74, 6) is -0.126. The molecule has 1 aromatic heterocycles. The lowest BCUT2D eigenvalue weighted by Gasteiger charge is -2.09. The number of ether oxygens (including phenoxy) is 1. The maximum atomic E-state index is 13.6. The lowest BCUT2D eigenvalue weighted by Crippen LogP contribution is -1.92. The van der Waals surface area contributed by atoms with Crippen LogP contribution in [-0.2, 0) is 0 Å². The smallest absolute Gasteiger partial charge is 0.167 e. The van der Waals surface area contributed by atoms with E-state index in [9.17, 15) is 4.39 Å². The first kappa shape index (κ1) is 12.3. The second-order valence-electron chi connectivity index (χ2n) is 3.63. The molecule has 0 saturated heterocycles. The van der Waals surface area contributed by atoms with Gasteiger partial charge in [-0.25, -0.2) is 9.37 Å². The van der Waals surface area contributed by atoms with Crippen LogP contribution in [0.2, 0.25) is 5.15 Å². The number of rotatable bonds is 2. The van der Waals surface area contributed by atoms with Gasteiger partial charge in [-0.1, -0.05) is 11.6 Å². The molecular formula is C13H8ClFN2O. The third-order valence-corrected chi connectivity index (χ3v) is 2.51. The van der Waals surface area contributed by atoms with E-state index in [1.165, 1.54) is 18.2 Å². The molecule has 0 spiro atoms. The zero-order valence-corrected chi connectivity index (χ0v) is 10.2. The van der Waals surface area contributed by atoms with Gasteiger partial charge in [0.05, 0.1) is 11.6 Å². The molecule has 5 heteroatoms. The highest BCUT2D eigenvalue weighted by atomic mass is 35.5. The summed E-state index contributed by atoms with van der Waals surface area (Å²) in [7, 11) is 0. The fourth-order valence-electron chi connectivity index (χ4n) is 1.36. The van der Waals surface area contributed by atoms with E-state index in [0.29, 0.717) is 5.75 Å². The van der Waals surface area contributed by atoms with E-state index in [2.05, 4.69) is 4.98 Å². The number of hydrogen-bond acceptors (Lipinski definition) is 3. The quantitative estimate of drug-likeness (QED) is 0.773. The summed E-state index contributed by atoms with van der Waals surface area (Å²) in [5.41, 5.74) is 0.979. The highest BCUT2D eigenvalue weighted by Crippen LogP contribution is 2.28. The second kappa shape index (κ2) is 5.03. The van der Waals surface area contributed by atoms with Crippen molar-refractivity contribution in [3.63, 3.8) is 0 Å². The molecule has 0 bridgehead atoms. The van der Waals surface area contributed by atoms with Crippen LogP contribution in [0, 0.1) is 24.1 Å². The summed E-state index contributed by atoms with van der Waals surface area (Å²) >= 11 is 5.74. The molecule has 0 unspecified atom stereocenters. The second-order valence-corrected chi connectivity index (χ2v) is 4.02. The molecule has 0 radical (unpaired) electrons. The summed E-state index contributed by atoms with van der Waals surface area (Å²) < 4.78 is 19.0. The molecular weight excluding hydrogens is 255 g/mol. The van der Waals surface area contributed by atoms with Crippen molar-refractivity contribution < 1.29 is 9.13 Å². The Morgan fingerprint density at radius 1 is 1.33 bits per heavy atom. The highest BCUT2D eigenvalue weighted by Gasteiger charge is 2.08. The van der Waals surface area contributed by atoms with Crippen molar-refractivity contribution in [2.45, 2.75) is 6.92 Å². The Morgan fingerprint density at radius 3 is 2.78 bits per heavy atom. The minimum Gasteiger partial charge on any atom is -0.454 e. The SMILES string of the molecule is Cc1cnc(Cl)cc1Oc1ccc(C#N)cc1F. The summed E-state index contributed by atoms with van der Waals surface area (Å²) in [5, 5.41) is 8.91. The first-order chi connectivity index (χ1) is 8.60. The van der Waals surface area contributed by atoms with Crippen molar-refractivity contribution >= 4 is 11.6 Å². The van der Waals surface area contributed by atoms with Crippen molar-refractivity contribution in [2.75, 3.05) is 0 Å². The molecule has 0 N–H and O–H groups in total. The normalized spacial score (nSPS) is 9.89. The summed E-state index contributed by atoms with van der Waals surface area (Å²) in [6.07, 6.45) is 1.54. The first-order valence-corrected chi connectivity index (χ1v) is 5.47. The lowest BCUT2D eigenvalue weighted by molar-refractivity contribution is 0.439. The first-order valence-electron chi connectivity index (χ1n) is 5.10. The minimum atomic E-state index is -0.596. The molecule has 0 fully saturated rings. The zero-order valence-electron chi connectivity index (χ0n) is 9.45. The number of nitrogens with zero attached hydrogens (tertiary/aromatic N) is 2. The van der Waals surface area contributed by atoms with Gasteiger partial charge in [0.2, 0.25) is 0 Å². The number of benzene rings is 1. The lowest BCUT2D eigenvalue weighted by atomic mass is 10.2. The molecule has 90 valence electrons.